The Morgan fingerprint density at radius 2 is 1.80 bits per heavy atom. The molecule has 2 nitrogen and oxygen atoms in total. The van der Waals surface area contributed by atoms with Crippen molar-refractivity contribution >= 4 is 0 Å². The van der Waals surface area contributed by atoms with E-state index in [0.29, 0.717) is 13.0 Å². The van der Waals surface area contributed by atoms with E-state index < -0.39 is 18.2 Å². The van der Waals surface area contributed by atoms with Crippen molar-refractivity contribution in [1.29, 1.82) is 0 Å². The Labute approximate surface area is 88.7 Å². The van der Waals surface area contributed by atoms with E-state index in [0.717, 1.165) is 0 Å². The Hall–Kier alpha value is -0.290. The number of hydrogen-bond donors (Lipinski definition) is 2. The summed E-state index contributed by atoms with van der Waals surface area (Å²) in [6.45, 7) is 3.73. The van der Waals surface area contributed by atoms with Gasteiger partial charge < -0.3 is 10.8 Å². The zero-order valence-electron chi connectivity index (χ0n) is 9.27. The second-order valence-electron chi connectivity index (χ2n) is 4.17. The van der Waals surface area contributed by atoms with Gasteiger partial charge in [-0.15, -0.1) is 0 Å². The van der Waals surface area contributed by atoms with Crippen molar-refractivity contribution in [3.63, 3.8) is 0 Å². The van der Waals surface area contributed by atoms with Gasteiger partial charge in [-0.3, -0.25) is 0 Å². The highest BCUT2D eigenvalue weighted by Gasteiger charge is 2.32. The van der Waals surface area contributed by atoms with Crippen molar-refractivity contribution in [2.24, 2.45) is 11.7 Å². The molecule has 0 bridgehead atoms. The van der Waals surface area contributed by atoms with Gasteiger partial charge in [-0.1, -0.05) is 6.92 Å². The molecule has 2 atom stereocenters. The molecule has 0 radical (unpaired) electrons. The molecule has 0 amide bonds. The van der Waals surface area contributed by atoms with Crippen molar-refractivity contribution in [2.45, 2.75) is 51.3 Å². The summed E-state index contributed by atoms with van der Waals surface area (Å²) in [5, 5.41) is 9.92. The van der Waals surface area contributed by atoms with Gasteiger partial charge in [0.1, 0.15) is 0 Å². The van der Waals surface area contributed by atoms with E-state index in [9.17, 15) is 18.3 Å². The van der Waals surface area contributed by atoms with Gasteiger partial charge in [-0.25, -0.2) is 0 Å². The molecular formula is C10H20F3NO. The Morgan fingerprint density at radius 3 is 2.13 bits per heavy atom. The van der Waals surface area contributed by atoms with E-state index in [1.165, 1.54) is 0 Å². The lowest BCUT2D eigenvalue weighted by molar-refractivity contribution is -0.138. The predicted molar refractivity (Wildman–Crippen MR) is 53.4 cm³/mol. The molecule has 2 unspecified atom stereocenters. The maximum absolute atomic E-state index is 11.9. The number of hydrogen-bond acceptors (Lipinski definition) is 2. The number of halogens is 3. The van der Waals surface area contributed by atoms with E-state index in [-0.39, 0.29) is 18.8 Å². The van der Waals surface area contributed by atoms with Crippen LogP contribution in [0.3, 0.4) is 0 Å². The number of nitrogens with two attached hydrogens (primary N) is 1. The van der Waals surface area contributed by atoms with Crippen LogP contribution in [0.2, 0.25) is 0 Å². The molecule has 0 heterocycles. The normalized spacial score (nSPS) is 18.6. The molecule has 0 aliphatic carbocycles. The topological polar surface area (TPSA) is 46.2 Å². The fourth-order valence-electron chi connectivity index (χ4n) is 1.71. The van der Waals surface area contributed by atoms with Gasteiger partial charge in [0.2, 0.25) is 0 Å². The minimum absolute atomic E-state index is 0.0486. The predicted octanol–water partition coefficient (Wildman–Crippen LogP) is 2.45. The molecule has 0 aromatic rings. The lowest BCUT2D eigenvalue weighted by Crippen LogP contribution is -2.39. The summed E-state index contributed by atoms with van der Waals surface area (Å²) in [6.07, 6.45) is -4.21. The first kappa shape index (κ1) is 14.7. The molecule has 0 aliphatic heterocycles. The molecule has 0 aliphatic rings. The minimum atomic E-state index is -4.14. The Kier molecular flexibility index (Phi) is 5.59. The average molecular weight is 227 g/mol. The van der Waals surface area contributed by atoms with Gasteiger partial charge in [0, 0.05) is 6.42 Å². The second-order valence-corrected chi connectivity index (χ2v) is 4.17. The largest absolute Gasteiger partial charge is 0.390 e. The van der Waals surface area contributed by atoms with Crippen LogP contribution in [0.5, 0.6) is 0 Å². The van der Waals surface area contributed by atoms with Gasteiger partial charge in [0.05, 0.1) is 5.60 Å². The highest BCUT2D eigenvalue weighted by molar-refractivity contribution is 4.82. The molecule has 15 heavy (non-hydrogen) atoms. The Bertz CT molecular complexity index is 176. The average Bonchev–Trinajstić information content (AvgIpc) is 2.02. The van der Waals surface area contributed by atoms with Gasteiger partial charge in [0.25, 0.3) is 0 Å². The molecule has 0 saturated carbocycles. The fraction of sp³-hybridized carbons (Fsp3) is 1.00. The molecule has 92 valence electrons. The van der Waals surface area contributed by atoms with Crippen molar-refractivity contribution in [3.05, 3.63) is 0 Å². The Balaban J connectivity index is 4.03. The summed E-state index contributed by atoms with van der Waals surface area (Å²) in [5.41, 5.74) is 4.36. The van der Waals surface area contributed by atoms with E-state index in [1.54, 1.807) is 6.92 Å². The lowest BCUT2D eigenvalue weighted by atomic mass is 9.83. The van der Waals surface area contributed by atoms with Crippen molar-refractivity contribution in [1.82, 2.24) is 0 Å². The lowest BCUT2D eigenvalue weighted by Gasteiger charge is -2.31. The molecule has 0 saturated heterocycles. The summed E-state index contributed by atoms with van der Waals surface area (Å²) < 4.78 is 35.7. The van der Waals surface area contributed by atoms with E-state index >= 15 is 0 Å². The quantitative estimate of drug-likeness (QED) is 0.732. The zero-order valence-corrected chi connectivity index (χ0v) is 9.27. The summed E-state index contributed by atoms with van der Waals surface area (Å²) >= 11 is 0. The van der Waals surface area contributed by atoms with E-state index in [1.807, 2.05) is 6.92 Å². The van der Waals surface area contributed by atoms with E-state index in [2.05, 4.69) is 0 Å². The van der Waals surface area contributed by atoms with Crippen LogP contribution in [0.1, 0.15) is 39.5 Å². The minimum Gasteiger partial charge on any atom is -0.390 e. The van der Waals surface area contributed by atoms with Crippen LogP contribution in [0.25, 0.3) is 0 Å². The highest BCUT2D eigenvalue weighted by Crippen LogP contribution is 2.29. The van der Waals surface area contributed by atoms with Crippen molar-refractivity contribution in [2.75, 3.05) is 6.54 Å². The fourth-order valence-corrected chi connectivity index (χ4v) is 1.71. The third-order valence-electron chi connectivity index (χ3n) is 2.80. The van der Waals surface area contributed by atoms with Crippen LogP contribution in [-0.4, -0.2) is 23.4 Å². The van der Waals surface area contributed by atoms with Crippen LogP contribution < -0.4 is 5.73 Å². The monoisotopic (exact) mass is 227 g/mol. The van der Waals surface area contributed by atoms with Crippen molar-refractivity contribution in [3.8, 4) is 0 Å². The number of aliphatic hydroxyl groups is 1. The highest BCUT2D eigenvalue weighted by atomic mass is 19.4. The third-order valence-corrected chi connectivity index (χ3v) is 2.80. The molecule has 0 rings (SSSR count). The molecular weight excluding hydrogens is 207 g/mol. The number of rotatable bonds is 6. The van der Waals surface area contributed by atoms with Crippen LogP contribution in [0.15, 0.2) is 0 Å². The maximum atomic E-state index is 11.9. The van der Waals surface area contributed by atoms with Crippen molar-refractivity contribution < 1.29 is 18.3 Å². The first-order valence-corrected chi connectivity index (χ1v) is 5.22. The van der Waals surface area contributed by atoms with Crippen LogP contribution in [-0.2, 0) is 0 Å². The van der Waals surface area contributed by atoms with Gasteiger partial charge in [0.15, 0.2) is 0 Å². The van der Waals surface area contributed by atoms with Crippen LogP contribution in [0.4, 0.5) is 13.2 Å². The van der Waals surface area contributed by atoms with Gasteiger partial charge >= 0.3 is 6.18 Å². The summed E-state index contributed by atoms with van der Waals surface area (Å²) in [5.74, 6) is -0.134. The molecule has 5 heteroatoms. The standard InChI is InChI=1S/C10H20F3NO/c1-3-8(7-14)9(2,15)5-4-6-10(11,12)13/h8,15H,3-7,14H2,1-2H3. The van der Waals surface area contributed by atoms with Gasteiger partial charge in [-0.2, -0.15) is 13.2 Å². The SMILES string of the molecule is CCC(CN)C(C)(O)CCCC(F)(F)F. The maximum Gasteiger partial charge on any atom is 0.389 e. The first-order chi connectivity index (χ1) is 6.73. The molecule has 0 aromatic carbocycles. The molecule has 0 aromatic heterocycles. The second kappa shape index (κ2) is 5.70. The zero-order chi connectivity index (χ0) is 12.1. The molecule has 0 fully saturated rings. The molecule has 3 N–H and O–H groups in total. The molecule has 0 spiro atoms. The van der Waals surface area contributed by atoms with Crippen LogP contribution >= 0.6 is 0 Å². The van der Waals surface area contributed by atoms with E-state index in [4.69, 9.17) is 5.73 Å². The number of alkyl halides is 3. The summed E-state index contributed by atoms with van der Waals surface area (Å²) in [6, 6.07) is 0. The summed E-state index contributed by atoms with van der Waals surface area (Å²) in [7, 11) is 0. The Morgan fingerprint density at radius 1 is 1.27 bits per heavy atom. The van der Waals surface area contributed by atoms with Crippen LogP contribution in [0, 0.1) is 5.92 Å². The van der Waals surface area contributed by atoms with Gasteiger partial charge in [-0.05, 0) is 38.6 Å². The summed E-state index contributed by atoms with van der Waals surface area (Å²) in [4.78, 5) is 0. The smallest absolute Gasteiger partial charge is 0.389 e. The first-order valence-electron chi connectivity index (χ1n) is 5.22. The third kappa shape index (κ3) is 5.99.